The standard InChI is InChI=1S/C10H11NO4S/c1-11-4-2-7(9(11)12)15-6-3-5-16-8(6)10(13)14/h3,5,7H,2,4H2,1H3,(H,13,14). The van der Waals surface area contributed by atoms with Crippen molar-refractivity contribution in [3.8, 4) is 5.75 Å². The molecule has 1 amide bonds. The molecule has 0 bridgehead atoms. The lowest BCUT2D eigenvalue weighted by molar-refractivity contribution is -0.132. The number of aromatic carboxylic acids is 1. The summed E-state index contributed by atoms with van der Waals surface area (Å²) in [5, 5.41) is 10.5. The van der Waals surface area contributed by atoms with Crippen molar-refractivity contribution in [2.75, 3.05) is 13.6 Å². The molecular weight excluding hydrogens is 230 g/mol. The molecule has 1 aromatic rings. The average molecular weight is 241 g/mol. The second-order valence-corrected chi connectivity index (χ2v) is 4.49. The number of carbonyl (C=O) groups excluding carboxylic acids is 1. The number of amides is 1. The van der Waals surface area contributed by atoms with Gasteiger partial charge in [-0.1, -0.05) is 0 Å². The predicted octanol–water partition coefficient (Wildman–Crippen LogP) is 1.06. The summed E-state index contributed by atoms with van der Waals surface area (Å²) in [5.41, 5.74) is 0. The van der Waals surface area contributed by atoms with Gasteiger partial charge in [0.2, 0.25) is 0 Å². The first-order chi connectivity index (χ1) is 7.59. The molecule has 1 unspecified atom stereocenters. The number of carbonyl (C=O) groups is 2. The molecule has 1 fully saturated rings. The van der Waals surface area contributed by atoms with Crippen LogP contribution in [0.5, 0.6) is 5.75 Å². The Morgan fingerprint density at radius 2 is 2.44 bits per heavy atom. The van der Waals surface area contributed by atoms with E-state index in [1.165, 1.54) is 0 Å². The Kier molecular flexibility index (Phi) is 2.82. The molecule has 1 aromatic heterocycles. The molecular formula is C10H11NO4S. The van der Waals surface area contributed by atoms with Gasteiger partial charge in [-0.25, -0.2) is 4.79 Å². The first kappa shape index (κ1) is 10.9. The number of carboxylic acid groups (broad SMARTS) is 1. The topological polar surface area (TPSA) is 66.8 Å². The van der Waals surface area contributed by atoms with Crippen molar-refractivity contribution < 1.29 is 19.4 Å². The van der Waals surface area contributed by atoms with E-state index in [9.17, 15) is 9.59 Å². The number of ether oxygens (including phenoxy) is 1. The summed E-state index contributed by atoms with van der Waals surface area (Å²) < 4.78 is 5.43. The summed E-state index contributed by atoms with van der Waals surface area (Å²) in [4.78, 5) is 24.1. The van der Waals surface area contributed by atoms with Crippen molar-refractivity contribution in [2.24, 2.45) is 0 Å². The number of carboxylic acids is 1. The number of thiophene rings is 1. The third-order valence-corrected chi connectivity index (χ3v) is 3.35. The highest BCUT2D eigenvalue weighted by Crippen LogP contribution is 2.27. The van der Waals surface area contributed by atoms with Crippen LogP contribution in [-0.2, 0) is 4.79 Å². The van der Waals surface area contributed by atoms with Crippen molar-refractivity contribution in [2.45, 2.75) is 12.5 Å². The minimum atomic E-state index is -1.02. The second kappa shape index (κ2) is 4.13. The first-order valence-corrected chi connectivity index (χ1v) is 5.70. The molecule has 0 radical (unpaired) electrons. The van der Waals surface area contributed by atoms with E-state index in [0.717, 1.165) is 11.3 Å². The lowest BCUT2D eigenvalue weighted by Crippen LogP contribution is -2.29. The van der Waals surface area contributed by atoms with Crippen LogP contribution < -0.4 is 4.74 Å². The Labute approximate surface area is 96.2 Å². The molecule has 0 spiro atoms. The molecule has 0 aromatic carbocycles. The lowest BCUT2D eigenvalue weighted by atomic mass is 10.3. The van der Waals surface area contributed by atoms with Crippen molar-refractivity contribution in [1.29, 1.82) is 0 Å². The molecule has 6 heteroatoms. The quantitative estimate of drug-likeness (QED) is 0.859. The zero-order valence-electron chi connectivity index (χ0n) is 8.67. The molecule has 1 atom stereocenters. The van der Waals surface area contributed by atoms with Crippen LogP contribution in [0.15, 0.2) is 11.4 Å². The van der Waals surface area contributed by atoms with Crippen LogP contribution in [-0.4, -0.2) is 41.6 Å². The van der Waals surface area contributed by atoms with Gasteiger partial charge in [-0.2, -0.15) is 0 Å². The fourth-order valence-electron chi connectivity index (χ4n) is 1.60. The highest BCUT2D eigenvalue weighted by atomic mass is 32.1. The van der Waals surface area contributed by atoms with E-state index < -0.39 is 12.1 Å². The minimum absolute atomic E-state index is 0.0949. The van der Waals surface area contributed by atoms with Crippen LogP contribution in [0.1, 0.15) is 16.1 Å². The van der Waals surface area contributed by atoms with Crippen molar-refractivity contribution in [1.82, 2.24) is 4.90 Å². The van der Waals surface area contributed by atoms with Crippen LogP contribution in [0.2, 0.25) is 0 Å². The highest BCUT2D eigenvalue weighted by Gasteiger charge is 2.31. The molecule has 2 heterocycles. The number of likely N-dealkylation sites (tertiary alicyclic amines) is 1. The Bertz CT molecular complexity index is 428. The fraction of sp³-hybridized carbons (Fsp3) is 0.400. The molecule has 1 aliphatic heterocycles. The molecule has 1 N–H and O–H groups in total. The summed E-state index contributed by atoms with van der Waals surface area (Å²) in [7, 11) is 1.71. The number of likely N-dealkylation sites (N-methyl/N-ethyl adjacent to an activating group) is 1. The minimum Gasteiger partial charge on any atom is -0.479 e. The fourth-order valence-corrected chi connectivity index (χ4v) is 2.26. The zero-order valence-corrected chi connectivity index (χ0v) is 9.49. The molecule has 86 valence electrons. The molecule has 5 nitrogen and oxygen atoms in total. The van der Waals surface area contributed by atoms with Crippen LogP contribution in [0, 0.1) is 0 Å². The maximum atomic E-state index is 11.6. The maximum Gasteiger partial charge on any atom is 0.349 e. The summed E-state index contributed by atoms with van der Waals surface area (Å²) >= 11 is 1.09. The van der Waals surface area contributed by atoms with Gasteiger partial charge in [-0.3, -0.25) is 4.79 Å². The van der Waals surface area contributed by atoms with Gasteiger partial charge in [0, 0.05) is 20.0 Å². The SMILES string of the molecule is CN1CCC(Oc2ccsc2C(=O)O)C1=O. The monoisotopic (exact) mass is 241 g/mol. The zero-order chi connectivity index (χ0) is 11.7. The highest BCUT2D eigenvalue weighted by molar-refractivity contribution is 7.12. The predicted molar refractivity (Wildman–Crippen MR) is 57.9 cm³/mol. The van der Waals surface area contributed by atoms with Crippen molar-refractivity contribution in [3.63, 3.8) is 0 Å². The summed E-state index contributed by atoms with van der Waals surface area (Å²) in [6.07, 6.45) is 0.0576. The average Bonchev–Trinajstić information content (AvgIpc) is 2.80. The smallest absolute Gasteiger partial charge is 0.349 e. The molecule has 1 saturated heterocycles. The molecule has 0 saturated carbocycles. The molecule has 16 heavy (non-hydrogen) atoms. The summed E-state index contributed by atoms with van der Waals surface area (Å²) in [6.45, 7) is 0.649. The summed E-state index contributed by atoms with van der Waals surface area (Å²) in [6, 6.07) is 1.58. The van der Waals surface area contributed by atoms with Crippen molar-refractivity contribution >= 4 is 23.2 Å². The van der Waals surface area contributed by atoms with E-state index in [2.05, 4.69) is 0 Å². The van der Waals surface area contributed by atoms with E-state index in [1.807, 2.05) is 0 Å². The van der Waals surface area contributed by atoms with Gasteiger partial charge >= 0.3 is 5.97 Å². The van der Waals surface area contributed by atoms with Gasteiger partial charge in [0.15, 0.2) is 11.0 Å². The Morgan fingerprint density at radius 1 is 1.69 bits per heavy atom. The van der Waals surface area contributed by atoms with Crippen LogP contribution in [0.4, 0.5) is 0 Å². The van der Waals surface area contributed by atoms with Gasteiger partial charge in [0.1, 0.15) is 5.75 Å². The van der Waals surface area contributed by atoms with Gasteiger partial charge in [0.05, 0.1) is 0 Å². The Morgan fingerprint density at radius 3 is 3.00 bits per heavy atom. The Balaban J connectivity index is 2.12. The van der Waals surface area contributed by atoms with Gasteiger partial charge in [-0.05, 0) is 11.4 Å². The number of hydrogen-bond donors (Lipinski definition) is 1. The van der Waals surface area contributed by atoms with Gasteiger partial charge < -0.3 is 14.7 Å². The third-order valence-electron chi connectivity index (χ3n) is 2.47. The normalized spacial score (nSPS) is 20.2. The van der Waals surface area contributed by atoms with Crippen LogP contribution in [0.25, 0.3) is 0 Å². The second-order valence-electron chi connectivity index (χ2n) is 3.57. The largest absolute Gasteiger partial charge is 0.479 e. The number of rotatable bonds is 3. The van der Waals surface area contributed by atoms with Crippen molar-refractivity contribution in [3.05, 3.63) is 16.3 Å². The Hall–Kier alpha value is -1.56. The van der Waals surface area contributed by atoms with E-state index in [-0.39, 0.29) is 16.5 Å². The number of nitrogens with zero attached hydrogens (tertiary/aromatic N) is 1. The lowest BCUT2D eigenvalue weighted by Gasteiger charge is -2.12. The van der Waals surface area contributed by atoms with E-state index in [0.29, 0.717) is 13.0 Å². The van der Waals surface area contributed by atoms with Crippen LogP contribution in [0.3, 0.4) is 0 Å². The van der Waals surface area contributed by atoms with E-state index in [1.54, 1.807) is 23.4 Å². The molecule has 0 aliphatic carbocycles. The molecule has 2 rings (SSSR count). The van der Waals surface area contributed by atoms with Gasteiger partial charge in [0.25, 0.3) is 5.91 Å². The van der Waals surface area contributed by atoms with Crippen LogP contribution >= 0.6 is 11.3 Å². The number of hydrogen-bond acceptors (Lipinski definition) is 4. The summed E-state index contributed by atoms with van der Waals surface area (Å²) in [5.74, 6) is -0.836. The van der Waals surface area contributed by atoms with E-state index >= 15 is 0 Å². The molecule has 1 aliphatic rings. The third kappa shape index (κ3) is 1.88. The first-order valence-electron chi connectivity index (χ1n) is 4.82. The van der Waals surface area contributed by atoms with Gasteiger partial charge in [-0.15, -0.1) is 11.3 Å². The van der Waals surface area contributed by atoms with E-state index in [4.69, 9.17) is 9.84 Å². The maximum absolute atomic E-state index is 11.6.